The van der Waals surface area contributed by atoms with Gasteiger partial charge >= 0.3 is 5.97 Å². The maximum Gasteiger partial charge on any atom is 0.355 e. The van der Waals surface area contributed by atoms with E-state index in [1.54, 1.807) is 20.8 Å². The molecule has 0 spiro atoms. The lowest BCUT2D eigenvalue weighted by Gasteiger charge is -2.13. The van der Waals surface area contributed by atoms with Crippen molar-refractivity contribution < 1.29 is 18.3 Å². The number of carboxylic acid groups (broad SMARTS) is 1. The predicted octanol–water partition coefficient (Wildman–Crippen LogP) is 1.23. The van der Waals surface area contributed by atoms with Crippen LogP contribution in [0.4, 0.5) is 0 Å². The summed E-state index contributed by atoms with van der Waals surface area (Å²) >= 11 is 1.12. The Morgan fingerprint density at radius 3 is 2.47 bits per heavy atom. The van der Waals surface area contributed by atoms with Crippen LogP contribution in [-0.4, -0.2) is 29.7 Å². The molecule has 0 saturated carbocycles. The first-order chi connectivity index (χ1) is 7.74. The van der Waals surface area contributed by atoms with Gasteiger partial charge in [0.25, 0.3) is 0 Å². The molecule has 0 aliphatic rings. The lowest BCUT2D eigenvalue weighted by molar-refractivity contribution is 0.0691. The van der Waals surface area contributed by atoms with Gasteiger partial charge in [0.05, 0.1) is 11.3 Å². The van der Waals surface area contributed by atoms with Crippen molar-refractivity contribution >= 4 is 27.3 Å². The van der Waals surface area contributed by atoms with Crippen molar-refractivity contribution in [1.29, 1.82) is 0 Å². The van der Waals surface area contributed by atoms with Crippen molar-refractivity contribution in [3.8, 4) is 0 Å². The van der Waals surface area contributed by atoms with Crippen LogP contribution in [0.2, 0.25) is 0 Å². The highest BCUT2D eigenvalue weighted by Crippen LogP contribution is 2.19. The zero-order chi connectivity index (χ0) is 13.2. The van der Waals surface area contributed by atoms with E-state index in [9.17, 15) is 13.2 Å². The first-order valence-corrected chi connectivity index (χ1v) is 7.36. The van der Waals surface area contributed by atoms with Gasteiger partial charge in [-0.2, -0.15) is 0 Å². The average molecular weight is 278 g/mol. The summed E-state index contributed by atoms with van der Waals surface area (Å²) in [5.74, 6) is -1.12. The van der Waals surface area contributed by atoms with E-state index >= 15 is 0 Å². The molecule has 0 bridgehead atoms. The Kier molecular flexibility index (Phi) is 4.23. The lowest BCUT2D eigenvalue weighted by Crippen LogP contribution is -2.32. The molecule has 1 heterocycles. The number of thiazole rings is 1. The van der Waals surface area contributed by atoms with Crippen LogP contribution in [0.1, 0.15) is 42.3 Å². The number of sulfonamides is 1. The zero-order valence-electron chi connectivity index (χ0n) is 9.67. The Morgan fingerprint density at radius 1 is 1.47 bits per heavy atom. The van der Waals surface area contributed by atoms with Crippen LogP contribution in [0.3, 0.4) is 0 Å². The molecule has 0 aromatic carbocycles. The molecule has 17 heavy (non-hydrogen) atoms. The molecule has 0 amide bonds. The van der Waals surface area contributed by atoms with E-state index in [0.29, 0.717) is 5.01 Å². The Labute approximate surface area is 104 Å². The average Bonchev–Trinajstić information content (AvgIpc) is 2.65. The van der Waals surface area contributed by atoms with Gasteiger partial charge in [-0.3, -0.25) is 0 Å². The third-order valence-electron chi connectivity index (χ3n) is 2.07. The summed E-state index contributed by atoms with van der Waals surface area (Å²) in [5, 5.41) is 9.99. The van der Waals surface area contributed by atoms with Crippen molar-refractivity contribution in [2.45, 2.75) is 32.1 Å². The standard InChI is InChI=1S/C9H14N2O4S2/c1-5(2)17(14,15)11-6(3)8-10-7(4-16-8)9(12)13/h4-6,11H,1-3H3,(H,12,13). The minimum atomic E-state index is -3.39. The van der Waals surface area contributed by atoms with Gasteiger partial charge in [-0.1, -0.05) is 0 Å². The topological polar surface area (TPSA) is 96.4 Å². The highest BCUT2D eigenvalue weighted by molar-refractivity contribution is 7.90. The van der Waals surface area contributed by atoms with Crippen LogP contribution < -0.4 is 4.72 Å². The Hall–Kier alpha value is -0.990. The third-order valence-corrected chi connectivity index (χ3v) is 5.02. The summed E-state index contributed by atoms with van der Waals surface area (Å²) in [6.07, 6.45) is 0. The van der Waals surface area contributed by atoms with E-state index in [0.717, 1.165) is 11.3 Å². The normalized spacial score (nSPS) is 13.9. The molecule has 1 unspecified atom stereocenters. The molecule has 6 nitrogen and oxygen atoms in total. The molecule has 8 heteroatoms. The summed E-state index contributed by atoms with van der Waals surface area (Å²) < 4.78 is 25.7. The van der Waals surface area contributed by atoms with Crippen molar-refractivity contribution in [3.63, 3.8) is 0 Å². The van der Waals surface area contributed by atoms with Gasteiger partial charge in [0.1, 0.15) is 5.01 Å². The number of carbonyl (C=O) groups is 1. The summed E-state index contributed by atoms with van der Waals surface area (Å²) in [4.78, 5) is 14.5. The van der Waals surface area contributed by atoms with Crippen molar-refractivity contribution in [2.24, 2.45) is 0 Å². The van der Waals surface area contributed by atoms with Crippen molar-refractivity contribution in [3.05, 3.63) is 16.1 Å². The minimum absolute atomic E-state index is 0.0689. The number of hydrogen-bond acceptors (Lipinski definition) is 5. The number of aromatic carboxylic acids is 1. The second-order valence-electron chi connectivity index (χ2n) is 3.81. The van der Waals surface area contributed by atoms with Crippen molar-refractivity contribution in [1.82, 2.24) is 9.71 Å². The molecule has 96 valence electrons. The first-order valence-electron chi connectivity index (χ1n) is 4.94. The Bertz CT molecular complexity index is 507. The first kappa shape index (κ1) is 14.1. The number of nitrogens with one attached hydrogen (secondary N) is 1. The number of aromatic nitrogens is 1. The molecular formula is C9H14N2O4S2. The molecule has 0 fully saturated rings. The number of hydrogen-bond donors (Lipinski definition) is 2. The van der Waals surface area contributed by atoms with Gasteiger partial charge in [-0.05, 0) is 20.8 Å². The van der Waals surface area contributed by atoms with Crippen LogP contribution in [0, 0.1) is 0 Å². The van der Waals surface area contributed by atoms with Crippen LogP contribution in [0.25, 0.3) is 0 Å². The molecule has 1 aromatic heterocycles. The van der Waals surface area contributed by atoms with E-state index in [2.05, 4.69) is 9.71 Å². The minimum Gasteiger partial charge on any atom is -0.476 e. The van der Waals surface area contributed by atoms with Gasteiger partial charge in [-0.25, -0.2) is 22.9 Å². The van der Waals surface area contributed by atoms with E-state index in [-0.39, 0.29) is 5.69 Å². The van der Waals surface area contributed by atoms with Crippen molar-refractivity contribution in [2.75, 3.05) is 0 Å². The molecule has 1 rings (SSSR count). The third kappa shape index (κ3) is 3.48. The molecular weight excluding hydrogens is 264 g/mol. The fourth-order valence-electron chi connectivity index (χ4n) is 1.02. The monoisotopic (exact) mass is 278 g/mol. The molecule has 0 radical (unpaired) electrons. The van der Waals surface area contributed by atoms with Gasteiger partial charge < -0.3 is 5.11 Å². The molecule has 0 aliphatic carbocycles. The lowest BCUT2D eigenvalue weighted by atomic mass is 10.4. The maximum atomic E-state index is 11.6. The van der Waals surface area contributed by atoms with Gasteiger partial charge in [0.2, 0.25) is 10.0 Å². The Balaban J connectivity index is 2.83. The van der Waals surface area contributed by atoms with Crippen LogP contribution in [0.15, 0.2) is 5.38 Å². The number of carboxylic acids is 1. The maximum absolute atomic E-state index is 11.6. The smallest absolute Gasteiger partial charge is 0.355 e. The SMILES string of the molecule is CC(NS(=O)(=O)C(C)C)c1nc(C(=O)O)cs1. The summed E-state index contributed by atoms with van der Waals surface area (Å²) in [6.45, 7) is 4.77. The quantitative estimate of drug-likeness (QED) is 0.844. The van der Waals surface area contributed by atoms with E-state index in [4.69, 9.17) is 5.11 Å². The largest absolute Gasteiger partial charge is 0.476 e. The van der Waals surface area contributed by atoms with E-state index in [1.165, 1.54) is 5.38 Å². The molecule has 0 aliphatic heterocycles. The van der Waals surface area contributed by atoms with Gasteiger partial charge in [-0.15, -0.1) is 11.3 Å². The number of rotatable bonds is 5. The van der Waals surface area contributed by atoms with Crippen LogP contribution in [0.5, 0.6) is 0 Å². The van der Waals surface area contributed by atoms with E-state index < -0.39 is 27.3 Å². The number of nitrogens with zero attached hydrogens (tertiary/aromatic N) is 1. The summed E-state index contributed by atoms with van der Waals surface area (Å²) in [6, 6.07) is -0.527. The van der Waals surface area contributed by atoms with Crippen LogP contribution in [-0.2, 0) is 10.0 Å². The summed E-state index contributed by atoms with van der Waals surface area (Å²) in [7, 11) is -3.39. The van der Waals surface area contributed by atoms with Crippen LogP contribution >= 0.6 is 11.3 Å². The second-order valence-corrected chi connectivity index (χ2v) is 6.97. The molecule has 1 aromatic rings. The highest BCUT2D eigenvalue weighted by atomic mass is 32.2. The fraction of sp³-hybridized carbons (Fsp3) is 0.556. The second kappa shape index (κ2) is 5.11. The predicted molar refractivity (Wildman–Crippen MR) is 64.7 cm³/mol. The fourth-order valence-corrected chi connectivity index (χ4v) is 2.77. The molecule has 1 atom stereocenters. The van der Waals surface area contributed by atoms with Gasteiger partial charge in [0.15, 0.2) is 5.69 Å². The summed E-state index contributed by atoms with van der Waals surface area (Å²) in [5.41, 5.74) is -0.0689. The Morgan fingerprint density at radius 2 is 2.06 bits per heavy atom. The molecule has 2 N–H and O–H groups in total. The van der Waals surface area contributed by atoms with E-state index in [1.807, 2.05) is 0 Å². The zero-order valence-corrected chi connectivity index (χ0v) is 11.3. The van der Waals surface area contributed by atoms with Gasteiger partial charge in [0, 0.05) is 5.38 Å². The molecule has 0 saturated heterocycles. The highest BCUT2D eigenvalue weighted by Gasteiger charge is 2.22.